The molecule has 0 heterocycles. The number of carbonyl (C=O) groups is 2. The van der Waals surface area contributed by atoms with Gasteiger partial charge in [-0.2, -0.15) is 0 Å². The van der Waals surface area contributed by atoms with Gasteiger partial charge in [-0.3, -0.25) is 9.59 Å². The van der Waals surface area contributed by atoms with Gasteiger partial charge in [-0.05, 0) is 55.5 Å². The lowest BCUT2D eigenvalue weighted by Gasteiger charge is -2.21. The standard InChI is InChI=1S/C23H21ClN2O3/c1-2-29-20-14-12-19(13-15-20)25-22(21(27)16-6-4-3-5-7-16)26-23(28)17-8-10-18(24)11-9-17/h3-15,22,25H,2H2,1H3,(H,26,28). The van der Waals surface area contributed by atoms with Gasteiger partial charge >= 0.3 is 0 Å². The Bertz CT molecular complexity index is 958. The van der Waals surface area contributed by atoms with Crippen LogP contribution in [0.3, 0.4) is 0 Å². The molecule has 0 aliphatic rings. The molecule has 1 unspecified atom stereocenters. The van der Waals surface area contributed by atoms with Crippen LogP contribution in [0.4, 0.5) is 5.69 Å². The summed E-state index contributed by atoms with van der Waals surface area (Å²) in [4.78, 5) is 25.7. The monoisotopic (exact) mass is 408 g/mol. The van der Waals surface area contributed by atoms with Crippen LogP contribution in [0.5, 0.6) is 5.75 Å². The summed E-state index contributed by atoms with van der Waals surface area (Å²) in [6.07, 6.45) is -0.946. The van der Waals surface area contributed by atoms with Crippen molar-refractivity contribution in [2.75, 3.05) is 11.9 Å². The van der Waals surface area contributed by atoms with Gasteiger partial charge in [-0.1, -0.05) is 41.9 Å². The molecular weight excluding hydrogens is 388 g/mol. The number of amides is 1. The minimum Gasteiger partial charge on any atom is -0.494 e. The van der Waals surface area contributed by atoms with E-state index in [1.54, 1.807) is 72.8 Å². The lowest BCUT2D eigenvalue weighted by atomic mass is 10.1. The molecule has 0 saturated carbocycles. The Morgan fingerprint density at radius 1 is 0.897 bits per heavy atom. The van der Waals surface area contributed by atoms with Gasteiger partial charge in [0.2, 0.25) is 5.78 Å². The topological polar surface area (TPSA) is 67.4 Å². The number of anilines is 1. The third kappa shape index (κ3) is 5.59. The molecule has 1 atom stereocenters. The van der Waals surface area contributed by atoms with E-state index in [9.17, 15) is 9.59 Å². The second-order valence-electron chi connectivity index (χ2n) is 6.25. The van der Waals surface area contributed by atoms with E-state index < -0.39 is 6.17 Å². The molecule has 29 heavy (non-hydrogen) atoms. The molecule has 0 spiro atoms. The number of halogens is 1. The molecule has 6 heteroatoms. The first-order chi connectivity index (χ1) is 14.1. The van der Waals surface area contributed by atoms with Crippen LogP contribution in [0.15, 0.2) is 78.9 Å². The molecule has 2 N–H and O–H groups in total. The van der Waals surface area contributed by atoms with Gasteiger partial charge in [-0.15, -0.1) is 0 Å². The number of benzene rings is 3. The van der Waals surface area contributed by atoms with E-state index in [1.807, 2.05) is 13.0 Å². The maximum atomic E-state index is 13.0. The molecule has 0 radical (unpaired) electrons. The number of hydrogen-bond acceptors (Lipinski definition) is 4. The Morgan fingerprint density at radius 2 is 1.55 bits per heavy atom. The van der Waals surface area contributed by atoms with Crippen molar-refractivity contribution in [3.8, 4) is 5.75 Å². The van der Waals surface area contributed by atoms with Gasteiger partial charge in [0.1, 0.15) is 5.75 Å². The summed E-state index contributed by atoms with van der Waals surface area (Å²) in [5, 5.41) is 6.39. The van der Waals surface area contributed by atoms with Gasteiger partial charge in [0, 0.05) is 21.8 Å². The Morgan fingerprint density at radius 3 is 2.17 bits per heavy atom. The van der Waals surface area contributed by atoms with Crippen LogP contribution in [0.1, 0.15) is 27.6 Å². The zero-order valence-electron chi connectivity index (χ0n) is 15.9. The lowest BCUT2D eigenvalue weighted by molar-refractivity contribution is 0.0869. The molecule has 5 nitrogen and oxygen atoms in total. The zero-order chi connectivity index (χ0) is 20.6. The lowest BCUT2D eigenvalue weighted by Crippen LogP contribution is -2.46. The summed E-state index contributed by atoms with van der Waals surface area (Å²) in [6.45, 7) is 2.48. The van der Waals surface area contributed by atoms with Crippen molar-refractivity contribution in [3.05, 3.63) is 95.0 Å². The zero-order valence-corrected chi connectivity index (χ0v) is 16.6. The summed E-state index contributed by atoms with van der Waals surface area (Å²) in [6, 6.07) is 22.5. The van der Waals surface area contributed by atoms with Crippen molar-refractivity contribution in [2.24, 2.45) is 0 Å². The summed E-state index contributed by atoms with van der Waals surface area (Å²) in [5.41, 5.74) is 1.58. The predicted octanol–water partition coefficient (Wildman–Crippen LogP) is 4.79. The van der Waals surface area contributed by atoms with Gasteiger partial charge in [0.25, 0.3) is 5.91 Å². The SMILES string of the molecule is CCOc1ccc(NC(NC(=O)c2ccc(Cl)cc2)C(=O)c2ccccc2)cc1. The van der Waals surface area contributed by atoms with Crippen LogP contribution in [0.25, 0.3) is 0 Å². The number of carbonyl (C=O) groups excluding carboxylic acids is 2. The highest BCUT2D eigenvalue weighted by Gasteiger charge is 2.22. The van der Waals surface area contributed by atoms with Gasteiger partial charge in [0.05, 0.1) is 6.61 Å². The number of rotatable bonds is 8. The normalized spacial score (nSPS) is 11.4. The largest absolute Gasteiger partial charge is 0.494 e. The van der Waals surface area contributed by atoms with Crippen molar-refractivity contribution in [2.45, 2.75) is 13.1 Å². The van der Waals surface area contributed by atoms with Crippen LogP contribution in [-0.2, 0) is 0 Å². The maximum Gasteiger partial charge on any atom is 0.253 e. The van der Waals surface area contributed by atoms with Crippen LogP contribution < -0.4 is 15.4 Å². The number of nitrogens with one attached hydrogen (secondary N) is 2. The Labute approximate surface area is 174 Å². The fraction of sp³-hybridized carbons (Fsp3) is 0.130. The Kier molecular flexibility index (Phi) is 6.87. The molecule has 3 aromatic carbocycles. The number of ketones is 1. The van der Waals surface area contributed by atoms with E-state index >= 15 is 0 Å². The molecule has 0 aliphatic heterocycles. The molecule has 3 aromatic rings. The fourth-order valence-electron chi connectivity index (χ4n) is 2.73. The van der Waals surface area contributed by atoms with Crippen molar-refractivity contribution >= 4 is 29.0 Å². The molecule has 0 saturated heterocycles. The Balaban J connectivity index is 1.81. The summed E-state index contributed by atoms with van der Waals surface area (Å²) in [7, 11) is 0. The molecule has 1 amide bonds. The minimum absolute atomic E-state index is 0.248. The second kappa shape index (κ2) is 9.75. The van der Waals surface area contributed by atoms with E-state index in [4.69, 9.17) is 16.3 Å². The smallest absolute Gasteiger partial charge is 0.253 e. The fourth-order valence-corrected chi connectivity index (χ4v) is 2.86. The molecule has 0 aromatic heterocycles. The molecular formula is C23H21ClN2O3. The molecule has 148 valence electrons. The first-order valence-corrected chi connectivity index (χ1v) is 9.59. The number of hydrogen-bond donors (Lipinski definition) is 2. The maximum absolute atomic E-state index is 13.0. The first-order valence-electron chi connectivity index (χ1n) is 9.22. The van der Waals surface area contributed by atoms with Crippen molar-refractivity contribution in [3.63, 3.8) is 0 Å². The van der Waals surface area contributed by atoms with Crippen LogP contribution >= 0.6 is 11.6 Å². The van der Waals surface area contributed by atoms with Crippen LogP contribution in [0.2, 0.25) is 5.02 Å². The van der Waals surface area contributed by atoms with Crippen molar-refractivity contribution in [1.82, 2.24) is 5.32 Å². The average molecular weight is 409 g/mol. The molecule has 3 rings (SSSR count). The van der Waals surface area contributed by atoms with E-state index in [2.05, 4.69) is 10.6 Å². The van der Waals surface area contributed by atoms with Crippen molar-refractivity contribution in [1.29, 1.82) is 0 Å². The van der Waals surface area contributed by atoms with Crippen LogP contribution in [-0.4, -0.2) is 24.5 Å². The number of ether oxygens (including phenoxy) is 1. The van der Waals surface area contributed by atoms with Gasteiger partial charge in [0.15, 0.2) is 6.17 Å². The van der Waals surface area contributed by atoms with E-state index in [0.29, 0.717) is 28.4 Å². The third-order valence-corrected chi connectivity index (χ3v) is 4.43. The highest BCUT2D eigenvalue weighted by atomic mass is 35.5. The highest BCUT2D eigenvalue weighted by molar-refractivity contribution is 6.30. The summed E-state index contributed by atoms with van der Waals surface area (Å²) < 4.78 is 5.44. The molecule has 0 fully saturated rings. The molecule has 0 bridgehead atoms. The van der Waals surface area contributed by atoms with Crippen molar-refractivity contribution < 1.29 is 14.3 Å². The predicted molar refractivity (Wildman–Crippen MR) is 115 cm³/mol. The minimum atomic E-state index is -0.946. The third-order valence-electron chi connectivity index (χ3n) is 4.18. The Hall–Kier alpha value is -3.31. The van der Waals surface area contributed by atoms with E-state index in [0.717, 1.165) is 5.75 Å². The van der Waals surface area contributed by atoms with Crippen LogP contribution in [0, 0.1) is 0 Å². The second-order valence-corrected chi connectivity index (χ2v) is 6.68. The van der Waals surface area contributed by atoms with Gasteiger partial charge < -0.3 is 15.4 Å². The quantitative estimate of drug-likeness (QED) is 0.415. The van der Waals surface area contributed by atoms with Gasteiger partial charge in [-0.25, -0.2) is 0 Å². The summed E-state index contributed by atoms with van der Waals surface area (Å²) >= 11 is 5.89. The number of Topliss-reactive ketones (excluding diaryl/α,β-unsaturated/α-hetero) is 1. The highest BCUT2D eigenvalue weighted by Crippen LogP contribution is 2.17. The first kappa shape index (κ1) is 20.4. The van der Waals surface area contributed by atoms with E-state index in [1.165, 1.54) is 0 Å². The molecule has 0 aliphatic carbocycles. The average Bonchev–Trinajstić information content (AvgIpc) is 2.75. The summed E-state index contributed by atoms with van der Waals surface area (Å²) in [5.74, 6) is 0.102. The van der Waals surface area contributed by atoms with E-state index in [-0.39, 0.29) is 11.7 Å².